The molecule has 0 bridgehead atoms. The maximum Gasteiger partial charge on any atom is 0.305 e. The molecule has 1 unspecified atom stereocenters. The molecular formula is C24H22BrN5O6. The number of carbonyl (C=O) groups excluding carboxylic acids is 2. The number of carboxylic acid groups (broad SMARTS) is 1. The lowest BCUT2D eigenvalue weighted by atomic mass is 10.00. The van der Waals surface area contributed by atoms with Crippen LogP contribution in [0, 0.1) is 10.1 Å². The summed E-state index contributed by atoms with van der Waals surface area (Å²) in [6, 6.07) is 12.3. The van der Waals surface area contributed by atoms with Crippen LogP contribution in [0.1, 0.15) is 33.7 Å². The lowest BCUT2D eigenvalue weighted by Crippen LogP contribution is -2.53. The number of imidazole rings is 1. The quantitative estimate of drug-likeness (QED) is 0.320. The van der Waals surface area contributed by atoms with E-state index in [1.54, 1.807) is 53.4 Å². The van der Waals surface area contributed by atoms with Crippen molar-refractivity contribution in [2.45, 2.75) is 32.0 Å². The van der Waals surface area contributed by atoms with E-state index in [4.69, 9.17) is 5.11 Å². The molecule has 2 amide bonds. The summed E-state index contributed by atoms with van der Waals surface area (Å²) in [6.45, 7) is 0.161. The van der Waals surface area contributed by atoms with E-state index in [9.17, 15) is 24.5 Å². The number of fused-ring (bicyclic) bond motifs is 1. The summed E-state index contributed by atoms with van der Waals surface area (Å²) in [5, 5.41) is 22.9. The molecule has 2 aromatic carbocycles. The second-order valence-electron chi connectivity index (χ2n) is 8.25. The average molecular weight is 556 g/mol. The fourth-order valence-corrected chi connectivity index (χ4v) is 4.55. The van der Waals surface area contributed by atoms with E-state index in [1.807, 2.05) is 0 Å². The van der Waals surface area contributed by atoms with Crippen molar-refractivity contribution in [2.24, 2.45) is 0 Å². The van der Waals surface area contributed by atoms with Crippen molar-refractivity contribution in [3.8, 4) is 0 Å². The van der Waals surface area contributed by atoms with E-state index >= 15 is 0 Å². The Morgan fingerprint density at radius 3 is 2.69 bits per heavy atom. The largest absolute Gasteiger partial charge is 0.481 e. The Morgan fingerprint density at radius 1 is 1.19 bits per heavy atom. The number of aliphatic carboxylic acids is 1. The van der Waals surface area contributed by atoms with Crippen LogP contribution in [0.4, 0.5) is 5.69 Å². The van der Waals surface area contributed by atoms with E-state index in [2.05, 4.69) is 26.2 Å². The molecule has 1 atom stereocenters. The zero-order valence-electron chi connectivity index (χ0n) is 19.0. The number of halogens is 1. The van der Waals surface area contributed by atoms with Crippen LogP contribution < -0.4 is 5.32 Å². The fraction of sp³-hybridized carbons (Fsp3) is 0.250. The molecule has 2 N–H and O–H groups in total. The van der Waals surface area contributed by atoms with Crippen LogP contribution in [-0.4, -0.2) is 54.9 Å². The number of rotatable bonds is 8. The summed E-state index contributed by atoms with van der Waals surface area (Å²) < 4.78 is 2.45. The predicted octanol–water partition coefficient (Wildman–Crippen LogP) is 2.76. The van der Waals surface area contributed by atoms with Gasteiger partial charge in [0.05, 0.1) is 42.1 Å². The second kappa shape index (κ2) is 10.7. The number of benzene rings is 2. The van der Waals surface area contributed by atoms with Gasteiger partial charge in [0.1, 0.15) is 6.04 Å². The van der Waals surface area contributed by atoms with E-state index in [-0.39, 0.29) is 44.1 Å². The topological polar surface area (TPSA) is 148 Å². The SMILES string of the molecule is O=C(O)CCNC(=O)C1Cc2ncn(Cc3ccccc3[N+](=O)[O-])c2CN1C(=O)c1cccc(Br)c1. The highest BCUT2D eigenvalue weighted by Crippen LogP contribution is 2.27. The van der Waals surface area contributed by atoms with E-state index in [0.717, 1.165) is 0 Å². The van der Waals surface area contributed by atoms with Gasteiger partial charge in [0.2, 0.25) is 5.91 Å². The molecular weight excluding hydrogens is 534 g/mol. The normalized spacial score (nSPS) is 14.7. The molecule has 0 aliphatic carbocycles. The molecule has 11 nitrogen and oxygen atoms in total. The van der Waals surface area contributed by atoms with E-state index in [1.165, 1.54) is 11.0 Å². The number of amides is 2. The van der Waals surface area contributed by atoms with Crippen LogP contribution in [0.25, 0.3) is 0 Å². The Balaban J connectivity index is 1.66. The van der Waals surface area contributed by atoms with Gasteiger partial charge in [0, 0.05) is 34.6 Å². The minimum atomic E-state index is -1.04. The molecule has 1 aliphatic rings. The molecule has 0 radical (unpaired) electrons. The van der Waals surface area contributed by atoms with Crippen molar-refractivity contribution in [3.05, 3.63) is 92.0 Å². The lowest BCUT2D eigenvalue weighted by molar-refractivity contribution is -0.385. The molecule has 0 spiro atoms. The molecule has 2 heterocycles. The van der Waals surface area contributed by atoms with Crippen molar-refractivity contribution in [2.75, 3.05) is 6.54 Å². The van der Waals surface area contributed by atoms with E-state index in [0.29, 0.717) is 27.0 Å². The van der Waals surface area contributed by atoms with Gasteiger partial charge in [-0.25, -0.2) is 4.98 Å². The van der Waals surface area contributed by atoms with Crippen molar-refractivity contribution < 1.29 is 24.4 Å². The standard InChI is InChI=1S/C24H22BrN5O6/c25-17-6-3-5-15(10-17)24(34)29-13-21-18(11-20(29)23(33)26-9-8-22(31)32)27-14-28(21)12-16-4-1-2-7-19(16)30(35)36/h1-7,10,14,20H,8-9,11-13H2,(H,26,33)(H,31,32). The van der Waals surface area contributed by atoms with Gasteiger partial charge in [0.25, 0.3) is 11.6 Å². The summed E-state index contributed by atoms with van der Waals surface area (Å²) in [5.41, 5.74) is 2.12. The van der Waals surface area contributed by atoms with Gasteiger partial charge < -0.3 is 19.9 Å². The van der Waals surface area contributed by atoms with Crippen LogP contribution in [0.15, 0.2) is 59.3 Å². The van der Waals surface area contributed by atoms with Gasteiger partial charge in [-0.3, -0.25) is 24.5 Å². The van der Waals surface area contributed by atoms with Crippen molar-refractivity contribution in [1.29, 1.82) is 0 Å². The monoisotopic (exact) mass is 555 g/mol. The summed E-state index contributed by atoms with van der Waals surface area (Å²) in [7, 11) is 0. The maximum absolute atomic E-state index is 13.5. The van der Waals surface area contributed by atoms with Gasteiger partial charge >= 0.3 is 5.97 Å². The highest BCUT2D eigenvalue weighted by atomic mass is 79.9. The number of hydrogen-bond donors (Lipinski definition) is 2. The molecule has 0 saturated heterocycles. The third kappa shape index (κ3) is 5.43. The number of carbonyl (C=O) groups is 3. The zero-order chi connectivity index (χ0) is 25.8. The van der Waals surface area contributed by atoms with Crippen LogP contribution in [0.2, 0.25) is 0 Å². The smallest absolute Gasteiger partial charge is 0.305 e. The molecule has 1 aromatic heterocycles. The molecule has 186 valence electrons. The fourth-order valence-electron chi connectivity index (χ4n) is 4.15. The highest BCUT2D eigenvalue weighted by Gasteiger charge is 2.37. The summed E-state index contributed by atoms with van der Waals surface area (Å²) >= 11 is 3.36. The minimum absolute atomic E-state index is 0.0199. The van der Waals surface area contributed by atoms with Crippen LogP contribution in [-0.2, 0) is 29.1 Å². The first-order valence-electron chi connectivity index (χ1n) is 11.1. The number of aromatic nitrogens is 2. The minimum Gasteiger partial charge on any atom is -0.481 e. The summed E-state index contributed by atoms with van der Waals surface area (Å²) in [6.07, 6.45) is 1.43. The van der Waals surface area contributed by atoms with Crippen LogP contribution >= 0.6 is 15.9 Å². The number of nitrogens with zero attached hydrogens (tertiary/aromatic N) is 4. The number of carboxylic acids is 1. The van der Waals surface area contributed by atoms with Crippen molar-refractivity contribution in [3.63, 3.8) is 0 Å². The van der Waals surface area contributed by atoms with Crippen LogP contribution in [0.5, 0.6) is 0 Å². The molecule has 4 rings (SSSR count). The molecule has 1 aliphatic heterocycles. The molecule has 3 aromatic rings. The first kappa shape index (κ1) is 25.0. The zero-order valence-corrected chi connectivity index (χ0v) is 20.6. The first-order chi connectivity index (χ1) is 17.2. The summed E-state index contributed by atoms with van der Waals surface area (Å²) in [5.74, 6) is -1.89. The Kier molecular flexibility index (Phi) is 7.44. The number of hydrogen-bond acceptors (Lipinski definition) is 6. The predicted molar refractivity (Wildman–Crippen MR) is 131 cm³/mol. The first-order valence-corrected chi connectivity index (χ1v) is 11.8. The highest BCUT2D eigenvalue weighted by molar-refractivity contribution is 9.10. The Labute approximate surface area is 214 Å². The van der Waals surface area contributed by atoms with Gasteiger partial charge in [-0.15, -0.1) is 0 Å². The molecule has 0 fully saturated rings. The van der Waals surface area contributed by atoms with Gasteiger partial charge in [-0.05, 0) is 18.2 Å². The molecule has 0 saturated carbocycles. The Morgan fingerprint density at radius 2 is 1.97 bits per heavy atom. The lowest BCUT2D eigenvalue weighted by Gasteiger charge is -2.35. The van der Waals surface area contributed by atoms with Crippen molar-refractivity contribution >= 4 is 39.4 Å². The average Bonchev–Trinajstić information content (AvgIpc) is 3.24. The summed E-state index contributed by atoms with van der Waals surface area (Å²) in [4.78, 5) is 54.2. The third-order valence-corrected chi connectivity index (χ3v) is 6.41. The Bertz CT molecular complexity index is 1340. The third-order valence-electron chi connectivity index (χ3n) is 5.92. The maximum atomic E-state index is 13.5. The number of nitro groups is 1. The second-order valence-corrected chi connectivity index (χ2v) is 9.17. The van der Waals surface area contributed by atoms with E-state index < -0.39 is 22.8 Å². The number of nitro benzene ring substituents is 1. The molecule has 36 heavy (non-hydrogen) atoms. The van der Waals surface area contributed by atoms with Crippen LogP contribution in [0.3, 0.4) is 0 Å². The number of nitrogens with one attached hydrogen (secondary N) is 1. The van der Waals surface area contributed by atoms with Gasteiger partial charge in [0.15, 0.2) is 0 Å². The van der Waals surface area contributed by atoms with Crippen molar-refractivity contribution in [1.82, 2.24) is 19.8 Å². The van der Waals surface area contributed by atoms with Gasteiger partial charge in [-0.2, -0.15) is 0 Å². The number of para-hydroxylation sites is 1. The van der Waals surface area contributed by atoms with Gasteiger partial charge in [-0.1, -0.05) is 40.2 Å². The Hall–Kier alpha value is -4.06. The molecule has 12 heteroatoms.